The first-order chi connectivity index (χ1) is 11.0. The summed E-state index contributed by atoms with van der Waals surface area (Å²) >= 11 is 0. The van der Waals surface area contributed by atoms with E-state index in [9.17, 15) is 4.79 Å². The smallest absolute Gasteiger partial charge is 0.228 e. The van der Waals surface area contributed by atoms with Gasteiger partial charge >= 0.3 is 0 Å². The second kappa shape index (κ2) is 6.32. The summed E-state index contributed by atoms with van der Waals surface area (Å²) in [4.78, 5) is 27.0. The van der Waals surface area contributed by atoms with Crippen LogP contribution in [0.1, 0.15) is 42.9 Å². The van der Waals surface area contributed by atoms with Crippen LogP contribution in [-0.4, -0.2) is 32.3 Å². The molecule has 6 nitrogen and oxygen atoms in total. The SMILES string of the molecule is CC(=O)N1CCC[C@@H]1c1cccc(Nc2nc(C)cc(C)n2)n1. The number of aromatic nitrogens is 3. The summed E-state index contributed by atoms with van der Waals surface area (Å²) in [6.07, 6.45) is 1.97. The quantitative estimate of drug-likeness (QED) is 0.943. The zero-order valence-corrected chi connectivity index (χ0v) is 13.7. The van der Waals surface area contributed by atoms with E-state index in [1.165, 1.54) is 0 Å². The molecular formula is C17H21N5O. The largest absolute Gasteiger partial charge is 0.334 e. The van der Waals surface area contributed by atoms with Gasteiger partial charge in [0.05, 0.1) is 11.7 Å². The van der Waals surface area contributed by atoms with Gasteiger partial charge in [0.25, 0.3) is 0 Å². The van der Waals surface area contributed by atoms with Gasteiger partial charge in [0, 0.05) is 24.9 Å². The lowest BCUT2D eigenvalue weighted by atomic mass is 10.1. The lowest BCUT2D eigenvalue weighted by molar-refractivity contribution is -0.129. The van der Waals surface area contributed by atoms with Gasteiger partial charge in [-0.05, 0) is 44.9 Å². The topological polar surface area (TPSA) is 71.0 Å². The zero-order valence-electron chi connectivity index (χ0n) is 13.7. The molecule has 120 valence electrons. The van der Waals surface area contributed by atoms with Crippen molar-refractivity contribution in [3.63, 3.8) is 0 Å². The Labute approximate surface area is 136 Å². The number of likely N-dealkylation sites (tertiary alicyclic amines) is 1. The van der Waals surface area contributed by atoms with Gasteiger partial charge < -0.3 is 10.2 Å². The number of aryl methyl sites for hydroxylation is 2. The maximum atomic E-state index is 11.7. The summed E-state index contributed by atoms with van der Waals surface area (Å²) < 4.78 is 0. The molecule has 0 bridgehead atoms. The first kappa shape index (κ1) is 15.4. The van der Waals surface area contributed by atoms with E-state index in [4.69, 9.17) is 0 Å². The van der Waals surface area contributed by atoms with E-state index in [1.54, 1.807) is 6.92 Å². The van der Waals surface area contributed by atoms with Crippen molar-refractivity contribution in [2.45, 2.75) is 39.7 Å². The molecule has 1 fully saturated rings. The van der Waals surface area contributed by atoms with Crippen LogP contribution in [0.5, 0.6) is 0 Å². The normalized spacial score (nSPS) is 17.3. The Kier molecular flexibility index (Phi) is 4.23. The number of amides is 1. The first-order valence-electron chi connectivity index (χ1n) is 7.86. The number of rotatable bonds is 3. The number of carbonyl (C=O) groups is 1. The van der Waals surface area contributed by atoms with Crippen molar-refractivity contribution in [3.05, 3.63) is 41.3 Å². The minimum Gasteiger partial charge on any atom is -0.334 e. The summed E-state index contributed by atoms with van der Waals surface area (Å²) in [6.45, 7) is 6.29. The molecule has 1 N–H and O–H groups in total. The van der Waals surface area contributed by atoms with Crippen LogP contribution in [0.3, 0.4) is 0 Å². The number of carbonyl (C=O) groups excluding carboxylic acids is 1. The van der Waals surface area contributed by atoms with Crippen LogP contribution >= 0.6 is 0 Å². The highest BCUT2D eigenvalue weighted by Crippen LogP contribution is 2.31. The van der Waals surface area contributed by atoms with Crippen LogP contribution < -0.4 is 5.32 Å². The number of nitrogens with zero attached hydrogens (tertiary/aromatic N) is 4. The minimum atomic E-state index is 0.0643. The summed E-state index contributed by atoms with van der Waals surface area (Å²) in [5.41, 5.74) is 2.73. The van der Waals surface area contributed by atoms with Gasteiger partial charge in [0.15, 0.2) is 0 Å². The lowest BCUT2D eigenvalue weighted by Crippen LogP contribution is -2.28. The van der Waals surface area contributed by atoms with E-state index in [2.05, 4.69) is 20.3 Å². The van der Waals surface area contributed by atoms with E-state index in [0.29, 0.717) is 11.8 Å². The Morgan fingerprint density at radius 3 is 2.65 bits per heavy atom. The Bertz CT molecular complexity index is 710. The van der Waals surface area contributed by atoms with Crippen molar-refractivity contribution in [1.82, 2.24) is 19.9 Å². The molecule has 2 aromatic rings. The molecule has 0 aliphatic carbocycles. The Hall–Kier alpha value is -2.50. The van der Waals surface area contributed by atoms with E-state index < -0.39 is 0 Å². The summed E-state index contributed by atoms with van der Waals surface area (Å²) in [5.74, 6) is 1.34. The van der Waals surface area contributed by atoms with E-state index in [-0.39, 0.29) is 11.9 Å². The molecule has 1 atom stereocenters. The lowest BCUT2D eigenvalue weighted by Gasteiger charge is -2.23. The highest BCUT2D eigenvalue weighted by atomic mass is 16.2. The van der Waals surface area contributed by atoms with Crippen molar-refractivity contribution in [2.24, 2.45) is 0 Å². The van der Waals surface area contributed by atoms with Gasteiger partial charge in [0.1, 0.15) is 5.82 Å². The number of nitrogens with one attached hydrogen (secondary N) is 1. The van der Waals surface area contributed by atoms with Gasteiger partial charge in [-0.2, -0.15) is 0 Å². The molecule has 6 heteroatoms. The second-order valence-electron chi connectivity index (χ2n) is 5.92. The Balaban J connectivity index is 1.84. The second-order valence-corrected chi connectivity index (χ2v) is 5.92. The molecule has 1 amide bonds. The van der Waals surface area contributed by atoms with Gasteiger partial charge in [-0.1, -0.05) is 6.07 Å². The summed E-state index contributed by atoms with van der Waals surface area (Å²) in [6, 6.07) is 7.80. The molecule has 0 unspecified atom stereocenters. The monoisotopic (exact) mass is 311 g/mol. The maximum Gasteiger partial charge on any atom is 0.228 e. The highest BCUT2D eigenvalue weighted by molar-refractivity contribution is 5.74. The Morgan fingerprint density at radius 1 is 1.22 bits per heavy atom. The molecule has 0 saturated carbocycles. The van der Waals surface area contributed by atoms with Crippen LogP contribution in [0.4, 0.5) is 11.8 Å². The zero-order chi connectivity index (χ0) is 16.4. The predicted octanol–water partition coefficient (Wildman–Crippen LogP) is 2.92. The van der Waals surface area contributed by atoms with Gasteiger partial charge in [-0.15, -0.1) is 0 Å². The summed E-state index contributed by atoms with van der Waals surface area (Å²) in [5, 5.41) is 3.16. The van der Waals surface area contributed by atoms with Crippen LogP contribution in [-0.2, 0) is 4.79 Å². The maximum absolute atomic E-state index is 11.7. The molecule has 2 aromatic heterocycles. The van der Waals surface area contributed by atoms with Gasteiger partial charge in [-0.3, -0.25) is 4.79 Å². The minimum absolute atomic E-state index is 0.0643. The number of anilines is 2. The molecule has 23 heavy (non-hydrogen) atoms. The van der Waals surface area contributed by atoms with Crippen molar-refractivity contribution >= 4 is 17.7 Å². The third-order valence-electron chi connectivity index (χ3n) is 3.99. The van der Waals surface area contributed by atoms with Crippen molar-refractivity contribution in [2.75, 3.05) is 11.9 Å². The molecule has 0 spiro atoms. The van der Waals surface area contributed by atoms with E-state index in [0.717, 1.165) is 36.5 Å². The molecule has 3 heterocycles. The standard InChI is InChI=1S/C17H21N5O/c1-11-10-12(2)19-17(18-11)21-16-8-4-6-14(20-16)15-7-5-9-22(15)13(3)23/h4,6,8,10,15H,5,7,9H2,1-3H3,(H,18,19,20,21)/t15-/m1/s1. The molecule has 3 rings (SSSR count). The van der Waals surface area contributed by atoms with E-state index in [1.807, 2.05) is 43.0 Å². The highest BCUT2D eigenvalue weighted by Gasteiger charge is 2.28. The first-order valence-corrected chi connectivity index (χ1v) is 7.86. The number of hydrogen-bond donors (Lipinski definition) is 1. The van der Waals surface area contributed by atoms with Crippen molar-refractivity contribution in [3.8, 4) is 0 Å². The molecule has 1 aliphatic heterocycles. The fraction of sp³-hybridized carbons (Fsp3) is 0.412. The molecular weight excluding hydrogens is 290 g/mol. The third-order valence-corrected chi connectivity index (χ3v) is 3.99. The fourth-order valence-corrected chi connectivity index (χ4v) is 3.05. The van der Waals surface area contributed by atoms with Crippen LogP contribution in [0.15, 0.2) is 24.3 Å². The molecule has 1 saturated heterocycles. The van der Waals surface area contributed by atoms with Gasteiger partial charge in [0.2, 0.25) is 11.9 Å². The van der Waals surface area contributed by atoms with Crippen LogP contribution in [0, 0.1) is 13.8 Å². The molecule has 1 aliphatic rings. The number of pyridine rings is 1. The summed E-state index contributed by atoms with van der Waals surface area (Å²) in [7, 11) is 0. The fourth-order valence-electron chi connectivity index (χ4n) is 3.05. The van der Waals surface area contributed by atoms with Crippen LogP contribution in [0.2, 0.25) is 0 Å². The van der Waals surface area contributed by atoms with Crippen molar-refractivity contribution < 1.29 is 4.79 Å². The Morgan fingerprint density at radius 2 is 1.96 bits per heavy atom. The van der Waals surface area contributed by atoms with Gasteiger partial charge in [-0.25, -0.2) is 15.0 Å². The average Bonchev–Trinajstić information content (AvgIpc) is 2.96. The van der Waals surface area contributed by atoms with Crippen molar-refractivity contribution in [1.29, 1.82) is 0 Å². The van der Waals surface area contributed by atoms with E-state index >= 15 is 0 Å². The third kappa shape index (κ3) is 3.47. The number of hydrogen-bond acceptors (Lipinski definition) is 5. The van der Waals surface area contributed by atoms with Crippen LogP contribution in [0.25, 0.3) is 0 Å². The predicted molar refractivity (Wildman–Crippen MR) is 88.4 cm³/mol. The average molecular weight is 311 g/mol. The molecule has 0 aromatic carbocycles. The molecule has 0 radical (unpaired) electrons.